The minimum atomic E-state index is -0.262. The van der Waals surface area contributed by atoms with Crippen molar-refractivity contribution in [3.05, 3.63) is 83.9 Å². The van der Waals surface area contributed by atoms with Crippen LogP contribution in [0.25, 0.3) is 0 Å². The van der Waals surface area contributed by atoms with Crippen LogP contribution in [0, 0.1) is 0 Å². The Bertz CT molecular complexity index is 968. The summed E-state index contributed by atoms with van der Waals surface area (Å²) in [5.74, 6) is 1.17. The predicted molar refractivity (Wildman–Crippen MR) is 106 cm³/mol. The molecule has 0 spiro atoms. The molecule has 4 nitrogen and oxygen atoms in total. The van der Waals surface area contributed by atoms with Crippen molar-refractivity contribution in [2.24, 2.45) is 0 Å². The molecule has 1 heterocycles. The standard InChI is InChI=1S/C23H21NO3/c1-26-21-14-8-9-16(22(21)27-2)15-19-18-12-6-7-13-20(18)24(23(19)25)17-10-4-3-5-11-17/h3-14,19H,15H2,1-2H3. The van der Waals surface area contributed by atoms with Gasteiger partial charge in [-0.3, -0.25) is 9.69 Å². The first-order valence-electron chi connectivity index (χ1n) is 8.92. The SMILES string of the molecule is COc1cccc(CC2C(=O)N(c3ccccc3)c3ccccc32)c1OC. The van der Waals surface area contributed by atoms with Crippen LogP contribution in [0.2, 0.25) is 0 Å². The van der Waals surface area contributed by atoms with E-state index in [1.165, 1.54) is 0 Å². The van der Waals surface area contributed by atoms with E-state index in [2.05, 4.69) is 0 Å². The molecule has 0 N–H and O–H groups in total. The number of nitrogens with zero attached hydrogens (tertiary/aromatic N) is 1. The number of benzene rings is 3. The number of carbonyl (C=O) groups excluding carboxylic acids is 1. The summed E-state index contributed by atoms with van der Waals surface area (Å²) >= 11 is 0. The lowest BCUT2D eigenvalue weighted by Crippen LogP contribution is -2.24. The van der Waals surface area contributed by atoms with Gasteiger partial charge < -0.3 is 9.47 Å². The van der Waals surface area contributed by atoms with Gasteiger partial charge in [0.1, 0.15) is 0 Å². The van der Waals surface area contributed by atoms with E-state index in [-0.39, 0.29) is 11.8 Å². The maximum absolute atomic E-state index is 13.4. The van der Waals surface area contributed by atoms with Gasteiger partial charge in [0.2, 0.25) is 5.91 Å². The molecule has 3 aromatic rings. The number of methoxy groups -OCH3 is 2. The van der Waals surface area contributed by atoms with Crippen molar-refractivity contribution in [1.82, 2.24) is 0 Å². The number of ether oxygens (including phenoxy) is 2. The molecular weight excluding hydrogens is 338 g/mol. The van der Waals surface area contributed by atoms with Crippen molar-refractivity contribution in [2.45, 2.75) is 12.3 Å². The first-order chi connectivity index (χ1) is 13.2. The van der Waals surface area contributed by atoms with Crippen molar-refractivity contribution in [3.63, 3.8) is 0 Å². The monoisotopic (exact) mass is 359 g/mol. The molecule has 1 amide bonds. The second-order valence-corrected chi connectivity index (χ2v) is 6.48. The molecule has 1 atom stereocenters. The van der Waals surface area contributed by atoms with E-state index in [0.29, 0.717) is 17.9 Å². The minimum Gasteiger partial charge on any atom is -0.493 e. The largest absolute Gasteiger partial charge is 0.493 e. The average molecular weight is 359 g/mol. The molecule has 4 rings (SSSR count). The van der Waals surface area contributed by atoms with Crippen molar-refractivity contribution in [2.75, 3.05) is 19.1 Å². The smallest absolute Gasteiger partial charge is 0.239 e. The highest BCUT2D eigenvalue weighted by Crippen LogP contribution is 2.44. The summed E-state index contributed by atoms with van der Waals surface area (Å²) in [6.07, 6.45) is 0.555. The Kier molecular flexibility index (Phi) is 4.55. The van der Waals surface area contributed by atoms with E-state index in [1.54, 1.807) is 14.2 Å². The van der Waals surface area contributed by atoms with Gasteiger partial charge in [-0.15, -0.1) is 0 Å². The lowest BCUT2D eigenvalue weighted by molar-refractivity contribution is -0.118. The Labute approximate surface area is 159 Å². The van der Waals surface area contributed by atoms with Crippen LogP contribution >= 0.6 is 0 Å². The molecule has 0 aliphatic carbocycles. The third-order valence-electron chi connectivity index (χ3n) is 4.99. The number of anilines is 2. The Morgan fingerprint density at radius 2 is 1.59 bits per heavy atom. The van der Waals surface area contributed by atoms with Crippen LogP contribution in [-0.2, 0) is 11.2 Å². The zero-order valence-electron chi connectivity index (χ0n) is 15.4. The van der Waals surface area contributed by atoms with Crippen LogP contribution in [0.15, 0.2) is 72.8 Å². The van der Waals surface area contributed by atoms with Gasteiger partial charge in [0, 0.05) is 5.69 Å². The van der Waals surface area contributed by atoms with Crippen LogP contribution in [0.1, 0.15) is 17.0 Å². The van der Waals surface area contributed by atoms with E-state index >= 15 is 0 Å². The zero-order chi connectivity index (χ0) is 18.8. The number of carbonyl (C=O) groups is 1. The normalized spacial score (nSPS) is 15.6. The number of hydrogen-bond acceptors (Lipinski definition) is 3. The van der Waals surface area contributed by atoms with Crippen molar-refractivity contribution >= 4 is 17.3 Å². The molecule has 0 radical (unpaired) electrons. The lowest BCUT2D eigenvalue weighted by atomic mass is 9.92. The van der Waals surface area contributed by atoms with E-state index < -0.39 is 0 Å². The predicted octanol–water partition coefficient (Wildman–Crippen LogP) is 4.71. The van der Waals surface area contributed by atoms with Crippen LogP contribution in [-0.4, -0.2) is 20.1 Å². The third-order valence-corrected chi connectivity index (χ3v) is 4.99. The fraction of sp³-hybridized carbons (Fsp3) is 0.174. The van der Waals surface area contributed by atoms with Gasteiger partial charge in [0.15, 0.2) is 11.5 Å². The zero-order valence-corrected chi connectivity index (χ0v) is 15.4. The first kappa shape index (κ1) is 17.2. The third kappa shape index (κ3) is 2.93. The van der Waals surface area contributed by atoms with Crippen LogP contribution < -0.4 is 14.4 Å². The summed E-state index contributed by atoms with van der Waals surface area (Å²) < 4.78 is 11.0. The summed E-state index contributed by atoms with van der Waals surface area (Å²) in [7, 11) is 3.25. The molecule has 0 fully saturated rings. The highest BCUT2D eigenvalue weighted by atomic mass is 16.5. The topological polar surface area (TPSA) is 38.8 Å². The molecule has 27 heavy (non-hydrogen) atoms. The molecule has 0 saturated heterocycles. The van der Waals surface area contributed by atoms with Gasteiger partial charge in [-0.2, -0.15) is 0 Å². The van der Waals surface area contributed by atoms with Crippen LogP contribution in [0.4, 0.5) is 11.4 Å². The fourth-order valence-corrected chi connectivity index (χ4v) is 3.77. The van der Waals surface area contributed by atoms with Crippen molar-refractivity contribution in [3.8, 4) is 11.5 Å². The van der Waals surface area contributed by atoms with E-state index in [1.807, 2.05) is 77.7 Å². The van der Waals surface area contributed by atoms with Gasteiger partial charge in [0.25, 0.3) is 0 Å². The van der Waals surface area contributed by atoms with E-state index in [9.17, 15) is 4.79 Å². The Morgan fingerprint density at radius 3 is 2.33 bits per heavy atom. The minimum absolute atomic E-state index is 0.0762. The summed E-state index contributed by atoms with van der Waals surface area (Å²) in [6.45, 7) is 0. The molecule has 1 unspecified atom stereocenters. The van der Waals surface area contributed by atoms with Gasteiger partial charge in [-0.1, -0.05) is 48.5 Å². The number of fused-ring (bicyclic) bond motifs is 1. The highest BCUT2D eigenvalue weighted by Gasteiger charge is 2.38. The Hall–Kier alpha value is -3.27. The fourth-order valence-electron chi connectivity index (χ4n) is 3.77. The second kappa shape index (κ2) is 7.16. The molecule has 0 saturated carbocycles. The number of hydrogen-bond donors (Lipinski definition) is 0. The summed E-state index contributed by atoms with van der Waals surface area (Å²) in [5, 5.41) is 0. The van der Waals surface area contributed by atoms with Gasteiger partial charge in [-0.25, -0.2) is 0 Å². The quantitative estimate of drug-likeness (QED) is 0.662. The summed E-state index contributed by atoms with van der Waals surface area (Å²) in [5.41, 5.74) is 3.83. The van der Waals surface area contributed by atoms with E-state index in [4.69, 9.17) is 9.47 Å². The number of rotatable bonds is 5. The Balaban J connectivity index is 1.76. The van der Waals surface area contributed by atoms with Gasteiger partial charge >= 0.3 is 0 Å². The maximum Gasteiger partial charge on any atom is 0.239 e. The average Bonchev–Trinajstić information content (AvgIpc) is 3.00. The molecule has 4 heteroatoms. The van der Waals surface area contributed by atoms with Gasteiger partial charge in [-0.05, 0) is 41.8 Å². The van der Waals surface area contributed by atoms with E-state index in [0.717, 1.165) is 22.5 Å². The molecule has 1 aliphatic heterocycles. The summed E-state index contributed by atoms with van der Waals surface area (Å²) in [4.78, 5) is 15.2. The van der Waals surface area contributed by atoms with Gasteiger partial charge in [0.05, 0.1) is 25.8 Å². The molecular formula is C23H21NO3. The summed E-state index contributed by atoms with van der Waals surface area (Å²) in [6, 6.07) is 23.5. The molecule has 1 aliphatic rings. The maximum atomic E-state index is 13.4. The second-order valence-electron chi connectivity index (χ2n) is 6.48. The number of amides is 1. The van der Waals surface area contributed by atoms with Crippen LogP contribution in [0.5, 0.6) is 11.5 Å². The Morgan fingerprint density at radius 1 is 0.852 bits per heavy atom. The highest BCUT2D eigenvalue weighted by molar-refractivity contribution is 6.10. The number of para-hydroxylation sites is 3. The lowest BCUT2D eigenvalue weighted by Gasteiger charge is -2.19. The van der Waals surface area contributed by atoms with Crippen LogP contribution in [0.3, 0.4) is 0 Å². The molecule has 3 aromatic carbocycles. The van der Waals surface area contributed by atoms with Crippen molar-refractivity contribution in [1.29, 1.82) is 0 Å². The molecule has 0 bridgehead atoms. The first-order valence-corrected chi connectivity index (χ1v) is 8.92. The molecule has 136 valence electrons. The molecule has 0 aromatic heterocycles. The van der Waals surface area contributed by atoms with Crippen molar-refractivity contribution < 1.29 is 14.3 Å².